The molecule has 2 unspecified atom stereocenters. The summed E-state index contributed by atoms with van der Waals surface area (Å²) in [6, 6.07) is 11.7. The summed E-state index contributed by atoms with van der Waals surface area (Å²) in [5, 5.41) is 3.55. The Morgan fingerprint density at radius 3 is 2.73 bits per heavy atom. The van der Waals surface area contributed by atoms with E-state index >= 15 is 0 Å². The lowest BCUT2D eigenvalue weighted by Crippen LogP contribution is -2.62. The van der Waals surface area contributed by atoms with E-state index in [2.05, 4.69) is 49.5 Å². The topological polar surface area (TPSA) is 38.3 Å². The lowest BCUT2D eigenvalue weighted by Gasteiger charge is -2.66. The zero-order valence-electron chi connectivity index (χ0n) is 18.9. The van der Waals surface area contributed by atoms with Crippen molar-refractivity contribution in [1.29, 1.82) is 0 Å². The standard InChI is InChI=1S/C27H39NO2/c1-3-30-19-25-13-22-14-26(16-25,23-7-5-4-6-8-23)18-27(15-22,17-25)24(29)12-21-9-10-28-20(2)11-21/h4-8,20-22,28H,3,9-19H2,1-2H3/t20-,21+,22?,25+,26-,27?/m1/s1. The van der Waals surface area contributed by atoms with Crippen LogP contribution in [0.1, 0.15) is 77.2 Å². The third-order valence-electron chi connectivity index (χ3n) is 8.98. The van der Waals surface area contributed by atoms with Gasteiger partial charge in [0.05, 0.1) is 6.61 Å². The second-order valence-corrected chi connectivity index (χ2v) is 11.4. The molecule has 0 radical (unpaired) electrons. The van der Waals surface area contributed by atoms with Gasteiger partial charge >= 0.3 is 0 Å². The minimum Gasteiger partial charge on any atom is -0.381 e. The SMILES string of the molecule is CCOC[C@]12CC3CC(C(=O)C[C@H]4CCN[C@H](C)C4)(C1)C[C@@](c1ccccc1)(C3)C2. The van der Waals surface area contributed by atoms with Crippen LogP contribution >= 0.6 is 0 Å². The van der Waals surface area contributed by atoms with Crippen LogP contribution in [0.3, 0.4) is 0 Å². The van der Waals surface area contributed by atoms with Crippen LogP contribution in [0.15, 0.2) is 30.3 Å². The maximum absolute atomic E-state index is 14.0. The van der Waals surface area contributed by atoms with Gasteiger partial charge in [-0.25, -0.2) is 0 Å². The van der Waals surface area contributed by atoms with Gasteiger partial charge in [0.1, 0.15) is 5.78 Å². The molecule has 164 valence electrons. The van der Waals surface area contributed by atoms with E-state index in [1.54, 1.807) is 0 Å². The molecule has 1 aromatic rings. The highest BCUT2D eigenvalue weighted by molar-refractivity contribution is 5.86. The van der Waals surface area contributed by atoms with Crippen LogP contribution in [-0.2, 0) is 14.9 Å². The lowest BCUT2D eigenvalue weighted by molar-refractivity contribution is -0.171. The summed E-state index contributed by atoms with van der Waals surface area (Å²) < 4.78 is 6.07. The van der Waals surface area contributed by atoms with Crippen molar-refractivity contribution >= 4 is 5.78 Å². The molecule has 5 aliphatic rings. The fourth-order valence-corrected chi connectivity index (χ4v) is 8.44. The Hall–Kier alpha value is -1.19. The van der Waals surface area contributed by atoms with E-state index in [0.717, 1.165) is 58.3 Å². The summed E-state index contributed by atoms with van der Waals surface area (Å²) in [4.78, 5) is 14.0. The first-order valence-corrected chi connectivity index (χ1v) is 12.4. The van der Waals surface area contributed by atoms with Crippen LogP contribution in [0, 0.1) is 22.7 Å². The minimum absolute atomic E-state index is 0.111. The van der Waals surface area contributed by atoms with Crippen molar-refractivity contribution < 1.29 is 9.53 Å². The number of Topliss-reactive ketones (excluding diaryl/α,β-unsaturated/α-hetero) is 1. The molecule has 3 heteroatoms. The zero-order valence-corrected chi connectivity index (χ0v) is 18.9. The van der Waals surface area contributed by atoms with E-state index in [-0.39, 0.29) is 16.2 Å². The molecular weight excluding hydrogens is 370 g/mol. The van der Waals surface area contributed by atoms with Gasteiger partial charge in [-0.1, -0.05) is 30.3 Å². The molecule has 6 atom stereocenters. The van der Waals surface area contributed by atoms with Crippen molar-refractivity contribution in [3.63, 3.8) is 0 Å². The number of carbonyl (C=O) groups is 1. The maximum atomic E-state index is 14.0. The molecule has 3 nitrogen and oxygen atoms in total. The van der Waals surface area contributed by atoms with Gasteiger partial charge in [-0.05, 0) is 100.0 Å². The smallest absolute Gasteiger partial charge is 0.139 e. The van der Waals surface area contributed by atoms with Crippen LogP contribution in [0.25, 0.3) is 0 Å². The monoisotopic (exact) mass is 409 g/mol. The first-order valence-electron chi connectivity index (χ1n) is 12.4. The largest absolute Gasteiger partial charge is 0.381 e. The van der Waals surface area contributed by atoms with Crippen LogP contribution in [0.4, 0.5) is 0 Å². The second kappa shape index (κ2) is 7.74. The van der Waals surface area contributed by atoms with E-state index in [1.807, 2.05) is 0 Å². The molecule has 0 spiro atoms. The zero-order chi connectivity index (χ0) is 20.8. The summed E-state index contributed by atoms with van der Waals surface area (Å²) in [5.41, 5.74) is 1.74. The van der Waals surface area contributed by atoms with Crippen LogP contribution in [0.5, 0.6) is 0 Å². The number of hydrogen-bond donors (Lipinski definition) is 1. The van der Waals surface area contributed by atoms with E-state index in [4.69, 9.17) is 4.74 Å². The molecule has 0 amide bonds. The van der Waals surface area contributed by atoms with Crippen molar-refractivity contribution in [3.8, 4) is 0 Å². The number of nitrogens with one attached hydrogen (secondary N) is 1. The normalized spacial score (nSPS) is 42.4. The summed E-state index contributed by atoms with van der Waals surface area (Å²) in [6.07, 6.45) is 10.1. The van der Waals surface area contributed by atoms with Gasteiger partial charge in [-0.15, -0.1) is 0 Å². The molecule has 30 heavy (non-hydrogen) atoms. The van der Waals surface area contributed by atoms with E-state index in [0.29, 0.717) is 23.7 Å². The fraction of sp³-hybridized carbons (Fsp3) is 0.741. The average Bonchev–Trinajstić information content (AvgIpc) is 2.72. The second-order valence-electron chi connectivity index (χ2n) is 11.4. The lowest BCUT2D eigenvalue weighted by atomic mass is 9.37. The van der Waals surface area contributed by atoms with Gasteiger partial charge in [0.25, 0.3) is 0 Å². The number of ketones is 1. The molecule has 4 saturated carbocycles. The fourth-order valence-electron chi connectivity index (χ4n) is 8.44. The average molecular weight is 410 g/mol. The van der Waals surface area contributed by atoms with E-state index in [1.165, 1.54) is 24.8 Å². The Kier molecular flexibility index (Phi) is 5.34. The molecule has 4 aliphatic carbocycles. The number of ether oxygens (including phenoxy) is 1. The van der Waals surface area contributed by atoms with Gasteiger partial charge in [-0.3, -0.25) is 4.79 Å². The van der Waals surface area contributed by atoms with Crippen molar-refractivity contribution in [1.82, 2.24) is 5.32 Å². The van der Waals surface area contributed by atoms with Crippen LogP contribution in [-0.4, -0.2) is 31.6 Å². The Balaban J connectivity index is 1.46. The van der Waals surface area contributed by atoms with Crippen molar-refractivity contribution in [2.45, 2.75) is 83.1 Å². The summed E-state index contributed by atoms with van der Waals surface area (Å²) in [7, 11) is 0. The summed E-state index contributed by atoms with van der Waals surface area (Å²) in [6.45, 7) is 7.05. The van der Waals surface area contributed by atoms with Crippen molar-refractivity contribution in [2.75, 3.05) is 19.8 Å². The highest BCUT2D eigenvalue weighted by Crippen LogP contribution is 2.70. The molecule has 1 heterocycles. The minimum atomic E-state index is -0.111. The third kappa shape index (κ3) is 3.56. The molecule has 4 bridgehead atoms. The predicted octanol–water partition coefficient (Wildman–Crippen LogP) is 5.28. The Morgan fingerprint density at radius 2 is 1.97 bits per heavy atom. The Bertz CT molecular complexity index is 778. The van der Waals surface area contributed by atoms with Gasteiger partial charge in [0.15, 0.2) is 0 Å². The molecule has 1 aromatic carbocycles. The number of hydrogen-bond acceptors (Lipinski definition) is 3. The summed E-state index contributed by atoms with van der Waals surface area (Å²) >= 11 is 0. The molecule has 6 rings (SSSR count). The third-order valence-corrected chi connectivity index (χ3v) is 8.98. The Labute approximate surface area is 182 Å². The van der Waals surface area contributed by atoms with Crippen LogP contribution < -0.4 is 5.32 Å². The molecule has 1 aliphatic heterocycles. The number of piperidine rings is 1. The highest BCUT2D eigenvalue weighted by Gasteiger charge is 2.65. The molecular formula is C27H39NO2. The molecule has 0 aromatic heterocycles. The van der Waals surface area contributed by atoms with Crippen LogP contribution in [0.2, 0.25) is 0 Å². The van der Waals surface area contributed by atoms with E-state index < -0.39 is 0 Å². The number of carbonyl (C=O) groups excluding carboxylic acids is 1. The Morgan fingerprint density at radius 1 is 1.13 bits per heavy atom. The van der Waals surface area contributed by atoms with Gasteiger partial charge in [0.2, 0.25) is 0 Å². The quantitative estimate of drug-likeness (QED) is 0.666. The molecule has 5 fully saturated rings. The van der Waals surface area contributed by atoms with Crippen molar-refractivity contribution in [2.24, 2.45) is 22.7 Å². The maximum Gasteiger partial charge on any atom is 0.139 e. The first kappa shape index (κ1) is 20.7. The van der Waals surface area contributed by atoms with Gasteiger partial charge in [-0.2, -0.15) is 0 Å². The van der Waals surface area contributed by atoms with Crippen molar-refractivity contribution in [3.05, 3.63) is 35.9 Å². The summed E-state index contributed by atoms with van der Waals surface area (Å²) in [5.74, 6) is 1.84. The molecule has 1 N–H and O–H groups in total. The van der Waals surface area contributed by atoms with Gasteiger partial charge < -0.3 is 10.1 Å². The molecule has 1 saturated heterocycles. The first-order chi connectivity index (χ1) is 14.5. The number of rotatable bonds is 7. The highest BCUT2D eigenvalue weighted by atomic mass is 16.5. The predicted molar refractivity (Wildman–Crippen MR) is 120 cm³/mol. The van der Waals surface area contributed by atoms with E-state index in [9.17, 15) is 4.79 Å². The number of benzene rings is 1. The van der Waals surface area contributed by atoms with Gasteiger partial charge in [0, 0.05) is 24.5 Å².